The predicted molar refractivity (Wildman–Crippen MR) is 67.9 cm³/mol. The molecule has 1 aliphatic rings. The normalized spacial score (nSPS) is 17.8. The third-order valence-corrected chi connectivity index (χ3v) is 3.46. The molecule has 1 aliphatic carbocycles. The maximum absolute atomic E-state index is 12.9. The number of pyridine rings is 1. The third kappa shape index (κ3) is 1.89. The van der Waals surface area contributed by atoms with E-state index in [2.05, 4.69) is 4.98 Å². The van der Waals surface area contributed by atoms with Crippen LogP contribution in [0.25, 0.3) is 11.1 Å². The number of hydrogen-bond donors (Lipinski definition) is 1. The number of halogens is 2. The molecular weight excluding hydrogens is 253 g/mol. The van der Waals surface area contributed by atoms with Crippen LogP contribution in [0.15, 0.2) is 30.3 Å². The average molecular weight is 264 g/mol. The Balaban J connectivity index is 2.18. The molecule has 2 nitrogen and oxygen atoms in total. The van der Waals surface area contributed by atoms with Crippen molar-refractivity contribution >= 4 is 11.6 Å². The Kier molecular flexibility index (Phi) is 2.80. The van der Waals surface area contributed by atoms with Crippen LogP contribution >= 0.6 is 11.6 Å². The van der Waals surface area contributed by atoms with Gasteiger partial charge in [-0.25, -0.2) is 9.37 Å². The van der Waals surface area contributed by atoms with Crippen molar-refractivity contribution in [2.45, 2.75) is 18.9 Å². The number of nitrogens with zero attached hydrogens (tertiary/aromatic N) is 1. The molecule has 0 spiro atoms. The summed E-state index contributed by atoms with van der Waals surface area (Å²) in [5.74, 6) is -0.268. The summed E-state index contributed by atoms with van der Waals surface area (Å²) in [4.78, 5) is 4.18. The molecule has 0 saturated carbocycles. The van der Waals surface area contributed by atoms with Crippen LogP contribution in [-0.4, -0.2) is 10.1 Å². The number of aliphatic hydroxyl groups is 1. The van der Waals surface area contributed by atoms with Crippen LogP contribution in [0.3, 0.4) is 0 Å². The van der Waals surface area contributed by atoms with Crippen molar-refractivity contribution in [1.82, 2.24) is 4.98 Å². The van der Waals surface area contributed by atoms with Crippen molar-refractivity contribution in [3.8, 4) is 11.1 Å². The Morgan fingerprint density at radius 3 is 2.72 bits per heavy atom. The first kappa shape index (κ1) is 11.6. The zero-order valence-electron chi connectivity index (χ0n) is 9.53. The van der Waals surface area contributed by atoms with E-state index in [4.69, 9.17) is 11.6 Å². The van der Waals surface area contributed by atoms with E-state index in [9.17, 15) is 9.50 Å². The molecule has 1 aromatic heterocycles. The summed E-state index contributed by atoms with van der Waals surface area (Å²) in [6, 6.07) is 8.03. The van der Waals surface area contributed by atoms with E-state index < -0.39 is 6.10 Å². The Morgan fingerprint density at radius 1 is 1.28 bits per heavy atom. The predicted octanol–water partition coefficient (Wildman–Crippen LogP) is 3.52. The van der Waals surface area contributed by atoms with Gasteiger partial charge in [-0.3, -0.25) is 0 Å². The quantitative estimate of drug-likeness (QED) is 0.799. The van der Waals surface area contributed by atoms with Gasteiger partial charge < -0.3 is 5.11 Å². The van der Waals surface area contributed by atoms with E-state index in [1.165, 1.54) is 12.1 Å². The lowest BCUT2D eigenvalue weighted by atomic mass is 10.00. The first-order valence-corrected chi connectivity index (χ1v) is 6.16. The Morgan fingerprint density at radius 2 is 2.00 bits per heavy atom. The zero-order valence-corrected chi connectivity index (χ0v) is 10.3. The van der Waals surface area contributed by atoms with Gasteiger partial charge in [0.2, 0.25) is 0 Å². The molecular formula is C14H11ClFNO. The van der Waals surface area contributed by atoms with Gasteiger partial charge in [-0.2, -0.15) is 0 Å². The van der Waals surface area contributed by atoms with Gasteiger partial charge in [0.25, 0.3) is 0 Å². The van der Waals surface area contributed by atoms with Gasteiger partial charge in [0, 0.05) is 0 Å². The molecule has 1 heterocycles. The zero-order chi connectivity index (χ0) is 12.7. The largest absolute Gasteiger partial charge is 0.387 e. The second-order valence-electron chi connectivity index (χ2n) is 4.42. The van der Waals surface area contributed by atoms with Crippen LogP contribution in [0.2, 0.25) is 5.15 Å². The van der Waals surface area contributed by atoms with Crippen molar-refractivity contribution in [3.63, 3.8) is 0 Å². The van der Waals surface area contributed by atoms with Gasteiger partial charge in [0.15, 0.2) is 0 Å². The molecule has 2 aromatic rings. The van der Waals surface area contributed by atoms with Crippen molar-refractivity contribution in [1.29, 1.82) is 0 Å². The fourth-order valence-corrected chi connectivity index (χ4v) is 2.60. The first-order chi connectivity index (χ1) is 8.65. The molecule has 0 amide bonds. The van der Waals surface area contributed by atoms with Gasteiger partial charge in [0.05, 0.1) is 11.8 Å². The lowest BCUT2D eigenvalue weighted by Crippen LogP contribution is -1.97. The van der Waals surface area contributed by atoms with Crippen LogP contribution in [0.1, 0.15) is 23.8 Å². The molecule has 0 radical (unpaired) electrons. The minimum atomic E-state index is -0.544. The fourth-order valence-electron chi connectivity index (χ4n) is 2.40. The van der Waals surface area contributed by atoms with Gasteiger partial charge in [-0.1, -0.05) is 23.7 Å². The summed E-state index contributed by atoms with van der Waals surface area (Å²) in [6.07, 6.45) is 0.891. The lowest BCUT2D eigenvalue weighted by molar-refractivity contribution is 0.176. The topological polar surface area (TPSA) is 33.1 Å². The van der Waals surface area contributed by atoms with E-state index in [0.29, 0.717) is 17.3 Å². The number of fused-ring (bicyclic) bond motifs is 1. The molecule has 0 fully saturated rings. The van der Waals surface area contributed by atoms with E-state index in [1.807, 2.05) is 0 Å². The molecule has 1 N–H and O–H groups in total. The van der Waals surface area contributed by atoms with E-state index in [1.54, 1.807) is 18.2 Å². The highest BCUT2D eigenvalue weighted by Crippen LogP contribution is 2.37. The van der Waals surface area contributed by atoms with Gasteiger partial charge >= 0.3 is 0 Å². The summed E-state index contributed by atoms with van der Waals surface area (Å²) >= 11 is 5.98. The Hall–Kier alpha value is -1.45. The maximum atomic E-state index is 12.9. The number of aromatic nitrogens is 1. The van der Waals surface area contributed by atoms with Gasteiger partial charge in [-0.05, 0) is 47.7 Å². The third-order valence-electron chi connectivity index (χ3n) is 3.26. The molecule has 4 heteroatoms. The Labute approximate surface area is 109 Å². The summed E-state index contributed by atoms with van der Waals surface area (Å²) in [7, 11) is 0. The van der Waals surface area contributed by atoms with E-state index >= 15 is 0 Å². The summed E-state index contributed by atoms with van der Waals surface area (Å²) < 4.78 is 12.9. The molecule has 3 rings (SSSR count). The van der Waals surface area contributed by atoms with Gasteiger partial charge in [-0.15, -0.1) is 0 Å². The van der Waals surface area contributed by atoms with E-state index in [-0.39, 0.29) is 5.82 Å². The smallest absolute Gasteiger partial charge is 0.130 e. The number of hydrogen-bond acceptors (Lipinski definition) is 2. The highest BCUT2D eigenvalue weighted by atomic mass is 35.5. The molecule has 0 saturated heterocycles. The van der Waals surface area contributed by atoms with Crippen LogP contribution in [0, 0.1) is 5.82 Å². The molecule has 0 bridgehead atoms. The van der Waals surface area contributed by atoms with Crippen LogP contribution in [-0.2, 0) is 6.42 Å². The van der Waals surface area contributed by atoms with Gasteiger partial charge in [0.1, 0.15) is 11.0 Å². The average Bonchev–Trinajstić information content (AvgIpc) is 2.71. The lowest BCUT2D eigenvalue weighted by Gasteiger charge is -2.10. The minimum absolute atomic E-state index is 0.268. The second kappa shape index (κ2) is 4.34. The number of aliphatic hydroxyl groups excluding tert-OH is 1. The highest BCUT2D eigenvalue weighted by Gasteiger charge is 2.25. The SMILES string of the molecule is O[C@@H]1CCc2c(-c3ccc(F)cc3)cc(Cl)nc21. The highest BCUT2D eigenvalue weighted by molar-refractivity contribution is 6.29. The van der Waals surface area contributed by atoms with Crippen molar-refractivity contribution in [3.05, 3.63) is 52.6 Å². The fraction of sp³-hybridized carbons (Fsp3) is 0.214. The van der Waals surface area contributed by atoms with Crippen molar-refractivity contribution in [2.24, 2.45) is 0 Å². The Bertz CT molecular complexity index is 597. The number of benzene rings is 1. The summed E-state index contributed by atoms with van der Waals surface area (Å²) in [5, 5.41) is 10.2. The summed E-state index contributed by atoms with van der Waals surface area (Å²) in [6.45, 7) is 0. The van der Waals surface area contributed by atoms with E-state index in [0.717, 1.165) is 23.1 Å². The molecule has 92 valence electrons. The van der Waals surface area contributed by atoms with Crippen LogP contribution in [0.4, 0.5) is 4.39 Å². The minimum Gasteiger partial charge on any atom is -0.387 e. The molecule has 0 unspecified atom stereocenters. The molecule has 1 aromatic carbocycles. The van der Waals surface area contributed by atoms with Crippen LogP contribution < -0.4 is 0 Å². The first-order valence-electron chi connectivity index (χ1n) is 5.78. The maximum Gasteiger partial charge on any atom is 0.130 e. The molecule has 0 aliphatic heterocycles. The second-order valence-corrected chi connectivity index (χ2v) is 4.80. The summed E-state index contributed by atoms with van der Waals surface area (Å²) in [5.41, 5.74) is 3.49. The standard InChI is InChI=1S/C14H11ClFNO/c15-13-7-11(8-1-3-9(16)4-2-8)10-5-6-12(18)14(10)17-13/h1-4,7,12,18H,5-6H2/t12-/m1/s1. The molecule has 18 heavy (non-hydrogen) atoms. The van der Waals surface area contributed by atoms with Crippen LogP contribution in [0.5, 0.6) is 0 Å². The number of rotatable bonds is 1. The monoisotopic (exact) mass is 263 g/mol. The molecule has 1 atom stereocenters. The van der Waals surface area contributed by atoms with Crippen molar-refractivity contribution in [2.75, 3.05) is 0 Å². The van der Waals surface area contributed by atoms with Crippen molar-refractivity contribution < 1.29 is 9.50 Å².